The Hall–Kier alpha value is -1.75. The maximum Gasteiger partial charge on any atom is 0.142 e. The van der Waals surface area contributed by atoms with Crippen molar-refractivity contribution in [3.05, 3.63) is 34.7 Å². The molecular weight excluding hydrogens is 249 g/mol. The molecule has 0 saturated carbocycles. The van der Waals surface area contributed by atoms with Gasteiger partial charge in [0.2, 0.25) is 0 Å². The van der Waals surface area contributed by atoms with Gasteiger partial charge in [-0.1, -0.05) is 13.8 Å². The summed E-state index contributed by atoms with van der Waals surface area (Å²) in [4.78, 5) is 12.4. The number of aromatic amines is 1. The average Bonchev–Trinajstić information content (AvgIpc) is 2.97. The molecular formula is C13H14FN3S. The van der Waals surface area contributed by atoms with Crippen LogP contribution in [0.4, 0.5) is 4.39 Å². The van der Waals surface area contributed by atoms with Gasteiger partial charge in [0.25, 0.3) is 0 Å². The van der Waals surface area contributed by atoms with Crippen molar-refractivity contribution in [2.24, 2.45) is 0 Å². The van der Waals surface area contributed by atoms with Gasteiger partial charge in [0.1, 0.15) is 11.5 Å². The lowest BCUT2D eigenvalue weighted by atomic mass is 10.1. The zero-order valence-corrected chi connectivity index (χ0v) is 11.3. The molecule has 0 aromatic carbocycles. The number of hydrogen-bond acceptors (Lipinski definition) is 3. The number of fused-ring (bicyclic) bond motifs is 1. The number of halogens is 1. The molecule has 0 unspecified atom stereocenters. The van der Waals surface area contributed by atoms with Crippen LogP contribution >= 0.6 is 11.3 Å². The van der Waals surface area contributed by atoms with Gasteiger partial charge in [-0.25, -0.2) is 14.4 Å². The van der Waals surface area contributed by atoms with Crippen molar-refractivity contribution in [1.29, 1.82) is 0 Å². The molecule has 0 aliphatic heterocycles. The van der Waals surface area contributed by atoms with E-state index >= 15 is 0 Å². The first-order valence-corrected chi connectivity index (χ1v) is 6.67. The van der Waals surface area contributed by atoms with Crippen LogP contribution in [-0.4, -0.2) is 15.0 Å². The summed E-state index contributed by atoms with van der Waals surface area (Å²) in [5, 5.41) is 0.772. The fourth-order valence-electron chi connectivity index (χ4n) is 1.74. The fourth-order valence-corrected chi connectivity index (χ4v) is 2.33. The predicted molar refractivity (Wildman–Crippen MR) is 73.2 cm³/mol. The number of hydrogen-bond donors (Lipinski definition) is 1. The highest BCUT2D eigenvalue weighted by Gasteiger charge is 2.11. The molecule has 3 aromatic heterocycles. The highest BCUT2D eigenvalue weighted by atomic mass is 32.1. The highest BCUT2D eigenvalue weighted by molar-refractivity contribution is 7.10. The number of aryl methyl sites for hydroxylation is 1. The van der Waals surface area contributed by atoms with Crippen LogP contribution in [0.2, 0.25) is 0 Å². The Morgan fingerprint density at radius 2 is 2.06 bits per heavy atom. The van der Waals surface area contributed by atoms with Gasteiger partial charge in [0.15, 0.2) is 0 Å². The first-order valence-electron chi connectivity index (χ1n) is 5.79. The third-order valence-corrected chi connectivity index (χ3v) is 3.26. The molecule has 3 nitrogen and oxygen atoms in total. The van der Waals surface area contributed by atoms with E-state index in [0.29, 0.717) is 5.65 Å². The van der Waals surface area contributed by atoms with E-state index in [1.165, 1.54) is 12.3 Å². The Morgan fingerprint density at radius 3 is 2.72 bits per heavy atom. The third kappa shape index (κ3) is 2.13. The molecule has 3 rings (SSSR count). The van der Waals surface area contributed by atoms with Gasteiger partial charge in [-0.05, 0) is 13.0 Å². The van der Waals surface area contributed by atoms with E-state index in [4.69, 9.17) is 0 Å². The Balaban J connectivity index is 0.000000574. The van der Waals surface area contributed by atoms with E-state index in [1.807, 2.05) is 27.0 Å². The van der Waals surface area contributed by atoms with Gasteiger partial charge in [-0.2, -0.15) is 0 Å². The maximum atomic E-state index is 13.1. The minimum atomic E-state index is -0.332. The summed E-state index contributed by atoms with van der Waals surface area (Å²) in [5.74, 6) is -0.332. The van der Waals surface area contributed by atoms with Crippen molar-refractivity contribution < 1.29 is 4.39 Å². The van der Waals surface area contributed by atoms with Crippen LogP contribution in [0.3, 0.4) is 0 Å². The number of H-pyrrole nitrogens is 1. The molecule has 94 valence electrons. The van der Waals surface area contributed by atoms with Crippen molar-refractivity contribution in [1.82, 2.24) is 15.0 Å². The number of nitrogens with zero attached hydrogens (tertiary/aromatic N) is 2. The smallest absolute Gasteiger partial charge is 0.142 e. The van der Waals surface area contributed by atoms with Gasteiger partial charge in [-0.3, -0.25) is 0 Å². The van der Waals surface area contributed by atoms with Crippen molar-refractivity contribution in [3.8, 4) is 11.3 Å². The molecule has 0 atom stereocenters. The van der Waals surface area contributed by atoms with Crippen LogP contribution in [-0.2, 0) is 0 Å². The molecule has 0 saturated heterocycles. The molecule has 3 heterocycles. The standard InChI is InChI=1S/C11H8FN3S.C2H6/c1-6-10(15-5-16-6)9-4-14-11-8(9)2-7(12)3-13-11;1-2/h2-5H,1H3,(H,13,14);1-2H3. The number of pyridine rings is 1. The largest absolute Gasteiger partial charge is 0.345 e. The van der Waals surface area contributed by atoms with Gasteiger partial charge >= 0.3 is 0 Å². The highest BCUT2D eigenvalue weighted by Crippen LogP contribution is 2.30. The molecule has 0 amide bonds. The van der Waals surface area contributed by atoms with Crippen molar-refractivity contribution >= 4 is 22.4 Å². The normalized spacial score (nSPS) is 10.2. The van der Waals surface area contributed by atoms with E-state index < -0.39 is 0 Å². The monoisotopic (exact) mass is 263 g/mol. The van der Waals surface area contributed by atoms with E-state index in [-0.39, 0.29) is 5.82 Å². The second-order valence-corrected chi connectivity index (χ2v) is 4.57. The molecule has 0 fully saturated rings. The van der Waals surface area contributed by atoms with Gasteiger partial charge in [0, 0.05) is 22.0 Å². The lowest BCUT2D eigenvalue weighted by Crippen LogP contribution is -1.81. The number of aromatic nitrogens is 3. The zero-order valence-electron chi connectivity index (χ0n) is 10.5. The first kappa shape index (κ1) is 12.7. The number of nitrogens with one attached hydrogen (secondary N) is 1. The minimum absolute atomic E-state index is 0.332. The van der Waals surface area contributed by atoms with Crippen LogP contribution in [0.5, 0.6) is 0 Å². The molecule has 3 aromatic rings. The molecule has 0 radical (unpaired) electrons. The van der Waals surface area contributed by atoms with Gasteiger partial charge < -0.3 is 4.98 Å². The topological polar surface area (TPSA) is 41.6 Å². The minimum Gasteiger partial charge on any atom is -0.345 e. The molecule has 0 bridgehead atoms. The van der Waals surface area contributed by atoms with Crippen LogP contribution in [0.15, 0.2) is 24.0 Å². The van der Waals surface area contributed by atoms with Crippen molar-refractivity contribution in [2.45, 2.75) is 20.8 Å². The van der Waals surface area contributed by atoms with Crippen LogP contribution in [0.25, 0.3) is 22.3 Å². The molecule has 0 spiro atoms. The summed E-state index contributed by atoms with van der Waals surface area (Å²) < 4.78 is 13.1. The molecule has 5 heteroatoms. The summed E-state index contributed by atoms with van der Waals surface area (Å²) in [5.41, 5.74) is 4.27. The molecule has 0 aliphatic rings. The van der Waals surface area contributed by atoms with E-state index in [1.54, 1.807) is 16.8 Å². The van der Waals surface area contributed by atoms with Crippen LogP contribution < -0.4 is 0 Å². The van der Waals surface area contributed by atoms with Crippen LogP contribution in [0.1, 0.15) is 18.7 Å². The number of thiazole rings is 1. The summed E-state index contributed by atoms with van der Waals surface area (Å²) >= 11 is 1.58. The van der Waals surface area contributed by atoms with Gasteiger partial charge in [-0.15, -0.1) is 11.3 Å². The second kappa shape index (κ2) is 5.27. The van der Waals surface area contributed by atoms with Crippen molar-refractivity contribution in [2.75, 3.05) is 0 Å². The van der Waals surface area contributed by atoms with E-state index in [9.17, 15) is 4.39 Å². The SMILES string of the molecule is CC.Cc1scnc1-c1c[nH]c2ncc(F)cc12. The van der Waals surface area contributed by atoms with Crippen LogP contribution in [0, 0.1) is 12.7 Å². The maximum absolute atomic E-state index is 13.1. The lowest BCUT2D eigenvalue weighted by molar-refractivity contribution is 0.624. The summed E-state index contributed by atoms with van der Waals surface area (Å²) in [6.45, 7) is 6.00. The lowest BCUT2D eigenvalue weighted by Gasteiger charge is -1.96. The summed E-state index contributed by atoms with van der Waals surface area (Å²) in [6.07, 6.45) is 3.02. The van der Waals surface area contributed by atoms with E-state index in [2.05, 4.69) is 15.0 Å². The van der Waals surface area contributed by atoms with Crippen molar-refractivity contribution in [3.63, 3.8) is 0 Å². The summed E-state index contributed by atoms with van der Waals surface area (Å²) in [6, 6.07) is 1.48. The molecule has 1 N–H and O–H groups in total. The quantitative estimate of drug-likeness (QED) is 0.716. The Morgan fingerprint density at radius 1 is 1.28 bits per heavy atom. The van der Waals surface area contributed by atoms with E-state index in [0.717, 1.165) is 21.5 Å². The first-order chi connectivity index (χ1) is 8.75. The zero-order chi connectivity index (χ0) is 13.1. The predicted octanol–water partition coefficient (Wildman–Crippen LogP) is 4.16. The Kier molecular flexibility index (Phi) is 3.72. The second-order valence-electron chi connectivity index (χ2n) is 3.51. The Labute approximate surface area is 109 Å². The number of rotatable bonds is 1. The molecule has 0 aliphatic carbocycles. The Bertz CT molecular complexity index is 657. The third-order valence-electron chi connectivity index (χ3n) is 2.50. The average molecular weight is 263 g/mol. The fraction of sp³-hybridized carbons (Fsp3) is 0.231. The summed E-state index contributed by atoms with van der Waals surface area (Å²) in [7, 11) is 0. The van der Waals surface area contributed by atoms with Gasteiger partial charge in [0.05, 0.1) is 17.4 Å². The molecule has 18 heavy (non-hydrogen) atoms.